The Hall–Kier alpha value is -1.98. The van der Waals surface area contributed by atoms with Gasteiger partial charge in [0.15, 0.2) is 0 Å². The van der Waals surface area contributed by atoms with E-state index in [4.69, 9.17) is 4.74 Å². The van der Waals surface area contributed by atoms with Crippen LogP contribution < -0.4 is 4.74 Å². The van der Waals surface area contributed by atoms with Crippen molar-refractivity contribution in [1.29, 1.82) is 0 Å². The standard InChI is InChI=1S/C13H14F2O4/c1-2-18-12(17)10-7-3-5-9(6-4-8-16)11(10)19-13(14)15/h3,5,7-8,13H,2,4,6H2,1H3. The van der Waals surface area contributed by atoms with Gasteiger partial charge < -0.3 is 14.3 Å². The molecule has 1 rings (SSSR count). The predicted octanol–water partition coefficient (Wildman–Crippen LogP) is 2.60. The van der Waals surface area contributed by atoms with Crippen LogP contribution in [0.4, 0.5) is 8.78 Å². The first-order chi connectivity index (χ1) is 9.10. The van der Waals surface area contributed by atoms with E-state index in [2.05, 4.69) is 4.74 Å². The number of esters is 1. The number of para-hydroxylation sites is 1. The van der Waals surface area contributed by atoms with Crippen molar-refractivity contribution in [2.45, 2.75) is 26.4 Å². The van der Waals surface area contributed by atoms with E-state index in [-0.39, 0.29) is 30.8 Å². The SMILES string of the molecule is CCOC(=O)c1cccc(CCC=O)c1OC(F)F. The molecule has 19 heavy (non-hydrogen) atoms. The van der Waals surface area contributed by atoms with Crippen molar-refractivity contribution < 1.29 is 27.8 Å². The lowest BCUT2D eigenvalue weighted by molar-refractivity contribution is -0.107. The summed E-state index contributed by atoms with van der Waals surface area (Å²) < 4.78 is 34.0. The summed E-state index contributed by atoms with van der Waals surface area (Å²) in [5, 5.41) is 0. The molecule has 0 fully saturated rings. The average Bonchev–Trinajstić information content (AvgIpc) is 2.37. The monoisotopic (exact) mass is 272 g/mol. The van der Waals surface area contributed by atoms with E-state index in [9.17, 15) is 18.4 Å². The molecule has 0 amide bonds. The van der Waals surface area contributed by atoms with E-state index in [1.807, 2.05) is 0 Å². The van der Waals surface area contributed by atoms with Crippen molar-refractivity contribution in [1.82, 2.24) is 0 Å². The topological polar surface area (TPSA) is 52.6 Å². The minimum absolute atomic E-state index is 0.0643. The number of carbonyl (C=O) groups is 2. The number of aldehydes is 1. The highest BCUT2D eigenvalue weighted by atomic mass is 19.3. The van der Waals surface area contributed by atoms with Crippen molar-refractivity contribution in [2.75, 3.05) is 6.61 Å². The Morgan fingerprint density at radius 2 is 2.16 bits per heavy atom. The Balaban J connectivity index is 3.13. The number of rotatable bonds is 7. The summed E-state index contributed by atoms with van der Waals surface area (Å²) in [7, 11) is 0. The van der Waals surface area contributed by atoms with Crippen molar-refractivity contribution in [3.05, 3.63) is 29.3 Å². The number of hydrogen-bond donors (Lipinski definition) is 0. The maximum Gasteiger partial charge on any atom is 0.387 e. The van der Waals surface area contributed by atoms with Gasteiger partial charge in [-0.3, -0.25) is 0 Å². The van der Waals surface area contributed by atoms with Gasteiger partial charge in [-0.25, -0.2) is 4.79 Å². The molecule has 0 saturated carbocycles. The smallest absolute Gasteiger partial charge is 0.387 e. The summed E-state index contributed by atoms with van der Waals surface area (Å²) in [5.74, 6) is -0.955. The highest BCUT2D eigenvalue weighted by Gasteiger charge is 2.20. The van der Waals surface area contributed by atoms with Crippen LogP contribution in [0.2, 0.25) is 0 Å². The van der Waals surface area contributed by atoms with Crippen LogP contribution in [-0.2, 0) is 16.0 Å². The lowest BCUT2D eigenvalue weighted by Crippen LogP contribution is -2.12. The first kappa shape index (κ1) is 15.1. The third-order valence-electron chi connectivity index (χ3n) is 2.33. The van der Waals surface area contributed by atoms with Gasteiger partial charge in [0.1, 0.15) is 17.6 Å². The maximum absolute atomic E-state index is 12.4. The van der Waals surface area contributed by atoms with Gasteiger partial charge in [-0.1, -0.05) is 12.1 Å². The first-order valence-corrected chi connectivity index (χ1v) is 5.77. The second kappa shape index (κ2) is 7.45. The fraction of sp³-hybridized carbons (Fsp3) is 0.385. The average molecular weight is 272 g/mol. The lowest BCUT2D eigenvalue weighted by atomic mass is 10.0. The van der Waals surface area contributed by atoms with Crippen LogP contribution in [0, 0.1) is 0 Å². The van der Waals surface area contributed by atoms with Gasteiger partial charge in [0, 0.05) is 6.42 Å². The number of carbonyl (C=O) groups excluding carboxylic acids is 2. The zero-order valence-electron chi connectivity index (χ0n) is 10.4. The van der Waals surface area contributed by atoms with Crippen molar-refractivity contribution in [3.8, 4) is 5.75 Å². The molecule has 0 aromatic heterocycles. The van der Waals surface area contributed by atoms with Gasteiger partial charge in [0.05, 0.1) is 6.61 Å². The largest absolute Gasteiger partial charge is 0.462 e. The molecule has 0 unspecified atom stereocenters. The van der Waals surface area contributed by atoms with Crippen molar-refractivity contribution in [2.24, 2.45) is 0 Å². The molecule has 0 N–H and O–H groups in total. The van der Waals surface area contributed by atoms with E-state index in [1.54, 1.807) is 6.92 Å². The van der Waals surface area contributed by atoms with E-state index in [0.717, 1.165) is 0 Å². The first-order valence-electron chi connectivity index (χ1n) is 5.77. The molecule has 0 aliphatic heterocycles. The van der Waals surface area contributed by atoms with Crippen LogP contribution in [0.1, 0.15) is 29.3 Å². The minimum Gasteiger partial charge on any atom is -0.462 e. The van der Waals surface area contributed by atoms with Crippen LogP contribution in [0.15, 0.2) is 18.2 Å². The Kier molecular flexibility index (Phi) is 5.92. The molecular weight excluding hydrogens is 258 g/mol. The van der Waals surface area contributed by atoms with Crippen LogP contribution in [0.5, 0.6) is 5.75 Å². The number of aryl methyl sites for hydroxylation is 1. The van der Waals surface area contributed by atoms with Crippen molar-refractivity contribution >= 4 is 12.3 Å². The summed E-state index contributed by atoms with van der Waals surface area (Å²) in [6, 6.07) is 4.41. The third kappa shape index (κ3) is 4.31. The van der Waals surface area contributed by atoms with Crippen LogP contribution >= 0.6 is 0 Å². The molecule has 4 nitrogen and oxygen atoms in total. The Morgan fingerprint density at radius 3 is 2.74 bits per heavy atom. The molecule has 0 atom stereocenters. The quantitative estimate of drug-likeness (QED) is 0.565. The van der Waals surface area contributed by atoms with Crippen LogP contribution in [-0.4, -0.2) is 25.5 Å². The summed E-state index contributed by atoms with van der Waals surface area (Å²) in [6.45, 7) is -1.31. The molecule has 0 aliphatic carbocycles. The summed E-state index contributed by atoms with van der Waals surface area (Å²) in [6.07, 6.45) is 1.05. The summed E-state index contributed by atoms with van der Waals surface area (Å²) in [4.78, 5) is 22.0. The van der Waals surface area contributed by atoms with E-state index in [1.165, 1.54) is 18.2 Å². The zero-order chi connectivity index (χ0) is 14.3. The number of benzene rings is 1. The molecule has 0 bridgehead atoms. The number of halogens is 2. The molecule has 1 aromatic carbocycles. The van der Waals surface area contributed by atoms with Gasteiger partial charge in [-0.15, -0.1) is 0 Å². The number of ether oxygens (including phenoxy) is 2. The Bertz CT molecular complexity index is 446. The molecule has 0 heterocycles. The molecule has 0 aliphatic rings. The van der Waals surface area contributed by atoms with Gasteiger partial charge in [-0.2, -0.15) is 8.78 Å². The highest BCUT2D eigenvalue weighted by Crippen LogP contribution is 2.27. The Labute approximate surface area is 109 Å². The second-order valence-corrected chi connectivity index (χ2v) is 3.60. The van der Waals surface area contributed by atoms with Gasteiger partial charge in [0.2, 0.25) is 0 Å². The van der Waals surface area contributed by atoms with Crippen LogP contribution in [0.25, 0.3) is 0 Å². The molecule has 0 radical (unpaired) electrons. The molecule has 0 saturated heterocycles. The minimum atomic E-state index is -3.05. The second-order valence-electron chi connectivity index (χ2n) is 3.60. The van der Waals surface area contributed by atoms with Gasteiger partial charge in [0.25, 0.3) is 0 Å². The summed E-state index contributed by atoms with van der Waals surface area (Å²) >= 11 is 0. The van der Waals surface area contributed by atoms with E-state index < -0.39 is 12.6 Å². The van der Waals surface area contributed by atoms with E-state index in [0.29, 0.717) is 11.8 Å². The molecule has 0 spiro atoms. The molecule has 104 valence electrons. The highest BCUT2D eigenvalue weighted by molar-refractivity contribution is 5.93. The maximum atomic E-state index is 12.4. The lowest BCUT2D eigenvalue weighted by Gasteiger charge is -2.14. The fourth-order valence-corrected chi connectivity index (χ4v) is 1.59. The Morgan fingerprint density at radius 1 is 1.42 bits per heavy atom. The molecule has 6 heteroatoms. The normalized spacial score (nSPS) is 10.3. The van der Waals surface area contributed by atoms with Crippen molar-refractivity contribution in [3.63, 3.8) is 0 Å². The van der Waals surface area contributed by atoms with Gasteiger partial charge >= 0.3 is 12.6 Å². The molecule has 1 aromatic rings. The summed E-state index contributed by atoms with van der Waals surface area (Å²) in [5.41, 5.74) is 0.309. The molecular formula is C13H14F2O4. The third-order valence-corrected chi connectivity index (χ3v) is 2.33. The zero-order valence-corrected chi connectivity index (χ0v) is 10.4. The van der Waals surface area contributed by atoms with E-state index >= 15 is 0 Å². The predicted molar refractivity (Wildman–Crippen MR) is 63.4 cm³/mol. The fourth-order valence-electron chi connectivity index (χ4n) is 1.59. The number of hydrogen-bond acceptors (Lipinski definition) is 4. The van der Waals surface area contributed by atoms with Gasteiger partial charge in [-0.05, 0) is 25.0 Å². The van der Waals surface area contributed by atoms with Crippen LogP contribution in [0.3, 0.4) is 0 Å². The number of alkyl halides is 2.